The molecule has 3 rings (SSSR count). The first-order valence-corrected chi connectivity index (χ1v) is 6.68. The Kier molecular flexibility index (Phi) is 2.89. The first-order valence-electron chi connectivity index (χ1n) is 6.68. The summed E-state index contributed by atoms with van der Waals surface area (Å²) in [6, 6.07) is 3.26. The minimum absolute atomic E-state index is 0.205. The van der Waals surface area contributed by atoms with Crippen LogP contribution in [0.5, 0.6) is 0 Å². The van der Waals surface area contributed by atoms with E-state index in [1.165, 1.54) is 19.3 Å². The Morgan fingerprint density at radius 3 is 2.79 bits per heavy atom. The summed E-state index contributed by atoms with van der Waals surface area (Å²) in [7, 11) is 0. The molecule has 19 heavy (non-hydrogen) atoms. The fraction of sp³-hybridized carbons (Fsp3) is 0.429. The third kappa shape index (κ3) is 1.95. The Hall–Kier alpha value is -2.04. The lowest BCUT2D eigenvalue weighted by molar-refractivity contribution is 0.0698. The van der Waals surface area contributed by atoms with E-state index >= 15 is 0 Å². The Bertz CT molecular complexity index is 627. The molecule has 0 amide bonds. The topological polar surface area (TPSA) is 80.6 Å². The van der Waals surface area contributed by atoms with Gasteiger partial charge in [-0.15, -0.1) is 0 Å². The van der Waals surface area contributed by atoms with Crippen LogP contribution in [-0.2, 0) is 0 Å². The maximum atomic E-state index is 11.2. The third-order valence-corrected chi connectivity index (χ3v) is 3.94. The van der Waals surface area contributed by atoms with Crippen molar-refractivity contribution in [3.8, 4) is 0 Å². The smallest absolute Gasteiger partial charge is 0.339 e. The van der Waals surface area contributed by atoms with Crippen LogP contribution in [0.4, 0.5) is 5.82 Å². The summed E-state index contributed by atoms with van der Waals surface area (Å²) < 4.78 is 1.69. The van der Waals surface area contributed by atoms with Gasteiger partial charge in [0.05, 0.1) is 5.69 Å². The molecular formula is C14H17N3O2. The quantitative estimate of drug-likeness (QED) is 0.868. The lowest BCUT2D eigenvalue weighted by Crippen LogP contribution is -2.07. The van der Waals surface area contributed by atoms with E-state index in [0.717, 1.165) is 18.5 Å². The number of aromatic nitrogens is 2. The van der Waals surface area contributed by atoms with E-state index in [9.17, 15) is 9.90 Å². The van der Waals surface area contributed by atoms with E-state index in [1.807, 2.05) is 0 Å². The normalized spacial score (nSPS) is 16.8. The summed E-state index contributed by atoms with van der Waals surface area (Å²) in [5, 5.41) is 9.20. The van der Waals surface area contributed by atoms with Crippen molar-refractivity contribution in [3.63, 3.8) is 0 Å². The van der Waals surface area contributed by atoms with Crippen LogP contribution in [-0.4, -0.2) is 20.5 Å². The van der Waals surface area contributed by atoms with Crippen LogP contribution in [0.3, 0.4) is 0 Å². The summed E-state index contributed by atoms with van der Waals surface area (Å²) in [5.74, 6) is -0.00825. The first-order chi connectivity index (χ1) is 9.18. The molecule has 1 aliphatic carbocycles. The number of carbonyl (C=O) groups is 1. The molecule has 1 aliphatic rings. The standard InChI is InChI=1S/C14H17N3O2/c15-12-11(9-5-2-1-3-6-9)16-13-10(14(18)19)7-4-8-17(12)13/h4,7-9H,1-3,5-6,15H2,(H,18,19). The molecule has 0 spiro atoms. The number of nitrogens with zero attached hydrogens (tertiary/aromatic N) is 2. The van der Waals surface area contributed by atoms with Gasteiger partial charge in [-0.1, -0.05) is 19.3 Å². The lowest BCUT2D eigenvalue weighted by atomic mass is 9.87. The minimum Gasteiger partial charge on any atom is -0.478 e. The molecule has 2 aromatic heterocycles. The maximum Gasteiger partial charge on any atom is 0.339 e. The number of pyridine rings is 1. The second kappa shape index (κ2) is 4.57. The highest BCUT2D eigenvalue weighted by molar-refractivity contribution is 5.94. The van der Waals surface area contributed by atoms with Gasteiger partial charge in [0, 0.05) is 12.1 Å². The molecule has 0 atom stereocenters. The Balaban J connectivity index is 2.13. The molecule has 0 bridgehead atoms. The highest BCUT2D eigenvalue weighted by Gasteiger charge is 2.23. The minimum atomic E-state index is -0.967. The van der Waals surface area contributed by atoms with E-state index in [2.05, 4.69) is 4.98 Å². The van der Waals surface area contributed by atoms with Gasteiger partial charge >= 0.3 is 5.97 Å². The summed E-state index contributed by atoms with van der Waals surface area (Å²) >= 11 is 0. The zero-order chi connectivity index (χ0) is 13.4. The van der Waals surface area contributed by atoms with E-state index in [1.54, 1.807) is 22.7 Å². The monoisotopic (exact) mass is 259 g/mol. The van der Waals surface area contributed by atoms with Crippen LogP contribution in [0.15, 0.2) is 18.3 Å². The molecule has 100 valence electrons. The van der Waals surface area contributed by atoms with Gasteiger partial charge < -0.3 is 10.8 Å². The number of nitrogens with two attached hydrogens (primary N) is 1. The van der Waals surface area contributed by atoms with Crippen LogP contribution in [0.1, 0.15) is 54.1 Å². The molecule has 2 heterocycles. The summed E-state index contributed by atoms with van der Waals surface area (Å²) in [6.45, 7) is 0. The Labute approximate surface area is 111 Å². The molecule has 1 saturated carbocycles. The fourth-order valence-corrected chi connectivity index (χ4v) is 2.95. The number of hydrogen-bond donors (Lipinski definition) is 2. The van der Waals surface area contributed by atoms with Crippen LogP contribution >= 0.6 is 0 Å². The molecule has 2 aromatic rings. The van der Waals surface area contributed by atoms with Gasteiger partial charge in [0.1, 0.15) is 11.4 Å². The number of hydrogen-bond acceptors (Lipinski definition) is 3. The highest BCUT2D eigenvalue weighted by atomic mass is 16.4. The molecule has 0 aliphatic heterocycles. The van der Waals surface area contributed by atoms with Crippen molar-refractivity contribution in [2.45, 2.75) is 38.0 Å². The summed E-state index contributed by atoms with van der Waals surface area (Å²) in [5.41, 5.74) is 7.67. The van der Waals surface area contributed by atoms with Crippen molar-refractivity contribution < 1.29 is 9.90 Å². The largest absolute Gasteiger partial charge is 0.478 e. The van der Waals surface area contributed by atoms with E-state index < -0.39 is 5.97 Å². The van der Waals surface area contributed by atoms with E-state index in [0.29, 0.717) is 17.4 Å². The Morgan fingerprint density at radius 2 is 2.11 bits per heavy atom. The van der Waals surface area contributed by atoms with Crippen molar-refractivity contribution in [2.24, 2.45) is 0 Å². The van der Waals surface area contributed by atoms with Gasteiger partial charge in [0.15, 0.2) is 5.65 Å². The number of rotatable bonds is 2. The molecule has 0 saturated heterocycles. The van der Waals surface area contributed by atoms with Gasteiger partial charge in [-0.2, -0.15) is 0 Å². The van der Waals surface area contributed by atoms with Crippen LogP contribution < -0.4 is 5.73 Å². The van der Waals surface area contributed by atoms with E-state index in [-0.39, 0.29) is 5.56 Å². The van der Waals surface area contributed by atoms with Crippen molar-refractivity contribution in [2.75, 3.05) is 5.73 Å². The SMILES string of the molecule is Nc1c(C2CCCCC2)nc2c(C(=O)O)cccn12. The Morgan fingerprint density at radius 1 is 1.37 bits per heavy atom. The average Bonchev–Trinajstić information content (AvgIpc) is 2.77. The van der Waals surface area contributed by atoms with Gasteiger partial charge in [0.25, 0.3) is 0 Å². The highest BCUT2D eigenvalue weighted by Crippen LogP contribution is 2.35. The van der Waals surface area contributed by atoms with Crippen molar-refractivity contribution in [3.05, 3.63) is 29.6 Å². The van der Waals surface area contributed by atoms with Gasteiger partial charge in [-0.3, -0.25) is 4.40 Å². The molecule has 0 aromatic carbocycles. The van der Waals surface area contributed by atoms with Gasteiger partial charge in [0.2, 0.25) is 0 Å². The van der Waals surface area contributed by atoms with Gasteiger partial charge in [-0.05, 0) is 25.0 Å². The second-order valence-electron chi connectivity index (χ2n) is 5.14. The average molecular weight is 259 g/mol. The van der Waals surface area contributed by atoms with E-state index in [4.69, 9.17) is 5.73 Å². The van der Waals surface area contributed by atoms with Crippen molar-refractivity contribution >= 4 is 17.4 Å². The summed E-state index contributed by atoms with van der Waals surface area (Å²) in [4.78, 5) is 15.7. The molecule has 0 unspecified atom stereocenters. The first kappa shape index (κ1) is 12.0. The molecule has 0 radical (unpaired) electrons. The van der Waals surface area contributed by atoms with Crippen molar-refractivity contribution in [1.29, 1.82) is 0 Å². The number of fused-ring (bicyclic) bond motifs is 1. The molecule has 5 heteroatoms. The number of carboxylic acids is 1. The van der Waals surface area contributed by atoms with Crippen molar-refractivity contribution in [1.82, 2.24) is 9.38 Å². The van der Waals surface area contributed by atoms with Crippen LogP contribution in [0.2, 0.25) is 0 Å². The predicted octanol–water partition coefficient (Wildman–Crippen LogP) is 2.66. The maximum absolute atomic E-state index is 11.2. The fourth-order valence-electron chi connectivity index (χ4n) is 2.95. The molecule has 1 fully saturated rings. The van der Waals surface area contributed by atoms with Gasteiger partial charge in [-0.25, -0.2) is 9.78 Å². The summed E-state index contributed by atoms with van der Waals surface area (Å²) in [6.07, 6.45) is 7.63. The molecular weight excluding hydrogens is 242 g/mol. The number of aromatic carboxylic acids is 1. The van der Waals surface area contributed by atoms with Crippen LogP contribution in [0, 0.1) is 0 Å². The number of imidazole rings is 1. The molecule has 5 nitrogen and oxygen atoms in total. The zero-order valence-electron chi connectivity index (χ0n) is 10.7. The lowest BCUT2D eigenvalue weighted by Gasteiger charge is -2.20. The zero-order valence-corrected chi connectivity index (χ0v) is 10.7. The van der Waals surface area contributed by atoms with Crippen LogP contribution in [0.25, 0.3) is 5.65 Å². The second-order valence-corrected chi connectivity index (χ2v) is 5.14. The number of anilines is 1. The molecule has 3 N–H and O–H groups in total. The number of nitrogen functional groups attached to an aromatic ring is 1. The predicted molar refractivity (Wildman–Crippen MR) is 72.4 cm³/mol. The number of carboxylic acid groups (broad SMARTS) is 1. The third-order valence-electron chi connectivity index (χ3n) is 3.94.